The molecule has 0 aliphatic heterocycles. The van der Waals surface area contributed by atoms with E-state index in [0.717, 1.165) is 11.5 Å². The average molecular weight is 382 g/mol. The molecule has 0 aliphatic rings. The van der Waals surface area contributed by atoms with Crippen LogP contribution in [0.5, 0.6) is 11.5 Å². The van der Waals surface area contributed by atoms with Crippen LogP contribution in [0.4, 0.5) is 0 Å². The molecule has 0 radical (unpaired) electrons. The molecule has 23 heavy (non-hydrogen) atoms. The van der Waals surface area contributed by atoms with E-state index in [1.807, 2.05) is 26.0 Å². The van der Waals surface area contributed by atoms with Crippen LogP contribution in [0, 0.1) is 6.92 Å². The summed E-state index contributed by atoms with van der Waals surface area (Å²) in [6, 6.07) is 7.17. The number of aryl methyl sites for hydroxylation is 1. The summed E-state index contributed by atoms with van der Waals surface area (Å²) in [5.74, 6) is 2.56. The first-order valence-corrected chi connectivity index (χ1v) is 8.06. The second-order valence-electron chi connectivity index (χ2n) is 5.10. The number of nitrogens with zero attached hydrogens (tertiary/aromatic N) is 1. The molecule has 0 aliphatic carbocycles. The van der Waals surface area contributed by atoms with Crippen LogP contribution in [0.15, 0.2) is 33.2 Å². The van der Waals surface area contributed by atoms with Crippen LogP contribution in [0.1, 0.15) is 28.8 Å². The van der Waals surface area contributed by atoms with Gasteiger partial charge >= 0.3 is 0 Å². The van der Waals surface area contributed by atoms with Crippen LogP contribution in [-0.2, 0) is 6.54 Å². The minimum atomic E-state index is -0.124. The number of benzene rings is 1. The second-order valence-corrected chi connectivity index (χ2v) is 5.95. The van der Waals surface area contributed by atoms with Crippen molar-refractivity contribution >= 4 is 21.8 Å². The first-order chi connectivity index (χ1) is 11.0. The van der Waals surface area contributed by atoms with E-state index in [-0.39, 0.29) is 5.91 Å². The molecule has 2 aromatic rings. The van der Waals surface area contributed by atoms with Crippen molar-refractivity contribution in [1.82, 2.24) is 4.90 Å². The van der Waals surface area contributed by atoms with Crippen LogP contribution >= 0.6 is 15.9 Å². The fourth-order valence-electron chi connectivity index (χ4n) is 2.22. The highest BCUT2D eigenvalue weighted by Gasteiger charge is 2.19. The normalized spacial score (nSPS) is 10.5. The lowest BCUT2D eigenvalue weighted by Gasteiger charge is -2.18. The van der Waals surface area contributed by atoms with Crippen molar-refractivity contribution in [2.75, 3.05) is 20.8 Å². The zero-order valence-corrected chi connectivity index (χ0v) is 15.3. The molecule has 1 aromatic carbocycles. The summed E-state index contributed by atoms with van der Waals surface area (Å²) in [6.07, 6.45) is 0. The molecular formula is C17H20BrNO4. The number of hydrogen-bond acceptors (Lipinski definition) is 4. The Kier molecular flexibility index (Phi) is 5.71. The first kappa shape index (κ1) is 17.4. The smallest absolute Gasteiger partial charge is 0.254 e. The lowest BCUT2D eigenvalue weighted by Crippen LogP contribution is -2.26. The zero-order chi connectivity index (χ0) is 17.0. The predicted molar refractivity (Wildman–Crippen MR) is 91.1 cm³/mol. The molecule has 5 nitrogen and oxygen atoms in total. The highest BCUT2D eigenvalue weighted by molar-refractivity contribution is 9.10. The van der Waals surface area contributed by atoms with Crippen molar-refractivity contribution in [2.24, 2.45) is 0 Å². The fourth-order valence-corrected chi connectivity index (χ4v) is 2.78. The van der Waals surface area contributed by atoms with Crippen molar-refractivity contribution in [2.45, 2.75) is 20.4 Å². The van der Waals surface area contributed by atoms with Gasteiger partial charge in [-0.05, 0) is 54.0 Å². The molecule has 1 aromatic heterocycles. The van der Waals surface area contributed by atoms with E-state index in [1.54, 1.807) is 31.2 Å². The van der Waals surface area contributed by atoms with Gasteiger partial charge in [-0.3, -0.25) is 4.79 Å². The maximum atomic E-state index is 12.6. The predicted octanol–water partition coefficient (Wildman–Crippen LogP) is 4.03. The highest BCUT2D eigenvalue weighted by Crippen LogP contribution is 2.37. The summed E-state index contributed by atoms with van der Waals surface area (Å²) in [4.78, 5) is 14.2. The molecule has 2 rings (SSSR count). The number of furan rings is 1. The van der Waals surface area contributed by atoms with Gasteiger partial charge in [0.15, 0.2) is 11.5 Å². The Bertz CT molecular complexity index is 696. The van der Waals surface area contributed by atoms with E-state index in [0.29, 0.717) is 34.7 Å². The monoisotopic (exact) mass is 381 g/mol. The molecule has 0 saturated heterocycles. The van der Waals surface area contributed by atoms with Gasteiger partial charge in [-0.25, -0.2) is 0 Å². The number of rotatable bonds is 6. The number of amides is 1. The zero-order valence-electron chi connectivity index (χ0n) is 13.7. The molecule has 0 fully saturated rings. The van der Waals surface area contributed by atoms with E-state index in [4.69, 9.17) is 13.9 Å². The molecule has 6 heteroatoms. The Morgan fingerprint density at radius 3 is 2.65 bits per heavy atom. The van der Waals surface area contributed by atoms with Crippen molar-refractivity contribution in [3.63, 3.8) is 0 Å². The number of ether oxygens (including phenoxy) is 2. The van der Waals surface area contributed by atoms with Gasteiger partial charge in [-0.15, -0.1) is 0 Å². The molecular weight excluding hydrogens is 362 g/mol. The van der Waals surface area contributed by atoms with Crippen LogP contribution < -0.4 is 9.47 Å². The van der Waals surface area contributed by atoms with Crippen LogP contribution in [-0.4, -0.2) is 31.6 Å². The minimum absolute atomic E-state index is 0.124. The Morgan fingerprint density at radius 1 is 1.35 bits per heavy atom. The first-order valence-electron chi connectivity index (χ1n) is 7.27. The van der Waals surface area contributed by atoms with Crippen LogP contribution in [0.25, 0.3) is 0 Å². The topological polar surface area (TPSA) is 51.9 Å². The van der Waals surface area contributed by atoms with E-state index in [2.05, 4.69) is 15.9 Å². The van der Waals surface area contributed by atoms with Crippen molar-refractivity contribution in [1.29, 1.82) is 0 Å². The summed E-state index contributed by atoms with van der Waals surface area (Å²) < 4.78 is 17.1. The van der Waals surface area contributed by atoms with Gasteiger partial charge in [0.05, 0.1) is 24.7 Å². The quantitative estimate of drug-likeness (QED) is 0.757. The Hall–Kier alpha value is -1.95. The summed E-state index contributed by atoms with van der Waals surface area (Å²) in [7, 11) is 3.28. The maximum absolute atomic E-state index is 12.6. The number of halogens is 1. The van der Waals surface area contributed by atoms with Gasteiger partial charge in [-0.1, -0.05) is 0 Å². The Balaban J connectivity index is 2.22. The van der Waals surface area contributed by atoms with Crippen LogP contribution in [0.2, 0.25) is 0 Å². The number of carbonyl (C=O) groups is 1. The molecule has 124 valence electrons. The molecule has 0 unspecified atom stereocenters. The minimum Gasteiger partial charge on any atom is -0.493 e. The molecule has 1 heterocycles. The summed E-state index contributed by atoms with van der Waals surface area (Å²) in [6.45, 7) is 4.68. The number of hydrogen-bond donors (Lipinski definition) is 0. The van der Waals surface area contributed by atoms with E-state index >= 15 is 0 Å². The molecule has 0 bridgehead atoms. The standard InChI is InChI=1S/C17H20BrNO4/c1-5-22-16-14(18)8-12(9-15(16)21-4)17(20)19(3)10-13-7-6-11(2)23-13/h6-9H,5,10H2,1-4H3. The SMILES string of the molecule is CCOc1c(Br)cc(C(=O)N(C)Cc2ccc(C)o2)cc1OC. The average Bonchev–Trinajstić information content (AvgIpc) is 2.93. The van der Waals surface area contributed by atoms with Crippen molar-refractivity contribution in [3.8, 4) is 11.5 Å². The molecule has 1 amide bonds. The van der Waals surface area contributed by atoms with E-state index in [9.17, 15) is 4.79 Å². The summed E-state index contributed by atoms with van der Waals surface area (Å²) >= 11 is 3.43. The summed E-state index contributed by atoms with van der Waals surface area (Å²) in [5.41, 5.74) is 0.517. The largest absolute Gasteiger partial charge is 0.493 e. The fraction of sp³-hybridized carbons (Fsp3) is 0.353. The van der Waals surface area contributed by atoms with Gasteiger partial charge in [0.2, 0.25) is 0 Å². The Morgan fingerprint density at radius 2 is 2.09 bits per heavy atom. The molecule has 0 N–H and O–H groups in total. The van der Waals surface area contributed by atoms with Gasteiger partial charge in [0, 0.05) is 12.6 Å². The van der Waals surface area contributed by atoms with Gasteiger partial charge in [-0.2, -0.15) is 0 Å². The molecule has 0 saturated carbocycles. The van der Waals surface area contributed by atoms with E-state index in [1.165, 1.54) is 0 Å². The highest BCUT2D eigenvalue weighted by atomic mass is 79.9. The lowest BCUT2D eigenvalue weighted by molar-refractivity contribution is 0.0774. The van der Waals surface area contributed by atoms with Gasteiger partial charge in [0.1, 0.15) is 11.5 Å². The molecule has 0 atom stereocenters. The third-order valence-electron chi connectivity index (χ3n) is 3.30. The second kappa shape index (κ2) is 7.55. The van der Waals surface area contributed by atoms with Crippen LogP contribution in [0.3, 0.4) is 0 Å². The third-order valence-corrected chi connectivity index (χ3v) is 3.89. The molecule has 0 spiro atoms. The van der Waals surface area contributed by atoms with Crippen molar-refractivity contribution in [3.05, 3.63) is 45.8 Å². The lowest BCUT2D eigenvalue weighted by atomic mass is 10.1. The van der Waals surface area contributed by atoms with E-state index < -0.39 is 0 Å². The van der Waals surface area contributed by atoms with Gasteiger partial charge in [0.25, 0.3) is 5.91 Å². The maximum Gasteiger partial charge on any atom is 0.254 e. The summed E-state index contributed by atoms with van der Waals surface area (Å²) in [5, 5.41) is 0. The third kappa shape index (κ3) is 4.07. The number of methoxy groups -OCH3 is 1. The van der Waals surface area contributed by atoms with Crippen molar-refractivity contribution < 1.29 is 18.7 Å². The number of carbonyl (C=O) groups excluding carboxylic acids is 1. The van der Waals surface area contributed by atoms with Gasteiger partial charge < -0.3 is 18.8 Å². The Labute approximate surface area is 144 Å².